The number of likely N-dealkylation sites (tertiary alicyclic amines) is 1. The molecule has 1 fully saturated rings. The molecule has 0 aliphatic carbocycles. The number of hydrogen-bond donors (Lipinski definition) is 3. The molecular formula is C19H27N2O5+. The summed E-state index contributed by atoms with van der Waals surface area (Å²) < 4.78 is -0.626. The molecule has 2 rings (SSSR count). The SMILES string of the molecule is C[C@H](N[C@@H](CCc1ccccc1)C(=O)O)C(=O)[N+]1(C(=O)O)CCC[C@H]1C. The van der Waals surface area contributed by atoms with Crippen molar-refractivity contribution in [3.8, 4) is 0 Å². The fourth-order valence-corrected chi connectivity index (χ4v) is 3.74. The molecule has 1 aromatic carbocycles. The first-order valence-electron chi connectivity index (χ1n) is 8.97. The Morgan fingerprint density at radius 2 is 1.88 bits per heavy atom. The van der Waals surface area contributed by atoms with E-state index in [9.17, 15) is 24.6 Å². The Morgan fingerprint density at radius 1 is 1.23 bits per heavy atom. The Labute approximate surface area is 153 Å². The molecule has 0 saturated carbocycles. The zero-order valence-electron chi connectivity index (χ0n) is 15.2. The molecular weight excluding hydrogens is 336 g/mol. The van der Waals surface area contributed by atoms with Crippen molar-refractivity contribution in [1.29, 1.82) is 0 Å². The van der Waals surface area contributed by atoms with Gasteiger partial charge in [0.25, 0.3) is 0 Å². The van der Waals surface area contributed by atoms with Gasteiger partial charge >= 0.3 is 18.0 Å². The molecule has 1 aromatic rings. The van der Waals surface area contributed by atoms with Crippen molar-refractivity contribution in [2.75, 3.05) is 6.54 Å². The number of imide groups is 1. The third kappa shape index (κ3) is 4.11. The molecule has 1 aliphatic rings. The van der Waals surface area contributed by atoms with Gasteiger partial charge < -0.3 is 10.2 Å². The molecule has 0 radical (unpaired) electrons. The van der Waals surface area contributed by atoms with E-state index < -0.39 is 34.5 Å². The zero-order chi connectivity index (χ0) is 19.3. The first-order chi connectivity index (χ1) is 12.3. The van der Waals surface area contributed by atoms with Gasteiger partial charge in [-0.3, -0.25) is 10.1 Å². The minimum atomic E-state index is -1.16. The molecule has 142 valence electrons. The summed E-state index contributed by atoms with van der Waals surface area (Å²) in [6.07, 6.45) is 1.05. The normalized spacial score (nSPS) is 24.8. The molecule has 4 atom stereocenters. The highest BCUT2D eigenvalue weighted by atomic mass is 16.4. The number of benzene rings is 1. The van der Waals surface area contributed by atoms with Gasteiger partial charge in [-0.15, -0.1) is 0 Å². The summed E-state index contributed by atoms with van der Waals surface area (Å²) in [7, 11) is 0. The third-order valence-electron chi connectivity index (χ3n) is 5.30. The lowest BCUT2D eigenvalue weighted by Crippen LogP contribution is -2.64. The van der Waals surface area contributed by atoms with Crippen molar-refractivity contribution < 1.29 is 29.1 Å². The van der Waals surface area contributed by atoms with Crippen LogP contribution < -0.4 is 5.32 Å². The number of aliphatic carboxylic acids is 1. The monoisotopic (exact) mass is 363 g/mol. The highest BCUT2D eigenvalue weighted by Crippen LogP contribution is 2.29. The van der Waals surface area contributed by atoms with Crippen LogP contribution in [0.3, 0.4) is 0 Å². The maximum Gasteiger partial charge on any atom is 0.521 e. The molecule has 7 heteroatoms. The molecule has 1 heterocycles. The lowest BCUT2D eigenvalue weighted by atomic mass is 10.0. The molecule has 1 unspecified atom stereocenters. The van der Waals surface area contributed by atoms with Crippen LogP contribution >= 0.6 is 0 Å². The van der Waals surface area contributed by atoms with Crippen molar-refractivity contribution >= 4 is 18.0 Å². The standard InChI is InChI=1S/C19H26N2O5/c1-13-7-6-12-21(13,19(25)26)17(22)14(2)20-16(18(23)24)11-10-15-8-4-3-5-9-15/h3-5,8-9,13-14,16,20H,6-7,10-12H2,1-2H3,(H-,23,24,25,26)/p+1/t13-,14+,16+,21?/m1/s1. The smallest absolute Gasteiger partial charge is 0.480 e. The fourth-order valence-electron chi connectivity index (χ4n) is 3.74. The number of quaternary nitrogens is 1. The van der Waals surface area contributed by atoms with E-state index in [2.05, 4.69) is 5.32 Å². The van der Waals surface area contributed by atoms with Crippen molar-refractivity contribution in [1.82, 2.24) is 5.32 Å². The summed E-state index contributed by atoms with van der Waals surface area (Å²) in [5, 5.41) is 22.0. The van der Waals surface area contributed by atoms with Crippen LogP contribution in [0.25, 0.3) is 0 Å². The molecule has 0 aromatic heterocycles. The van der Waals surface area contributed by atoms with Gasteiger partial charge in [-0.25, -0.2) is 4.79 Å². The maximum atomic E-state index is 12.9. The number of carboxylic acid groups (broad SMARTS) is 2. The molecule has 2 amide bonds. The van der Waals surface area contributed by atoms with Crippen LogP contribution in [0.15, 0.2) is 30.3 Å². The van der Waals surface area contributed by atoms with E-state index in [1.165, 1.54) is 0 Å². The highest BCUT2D eigenvalue weighted by molar-refractivity contribution is 5.85. The second-order valence-electron chi connectivity index (χ2n) is 7.01. The fraction of sp³-hybridized carbons (Fsp3) is 0.526. The van der Waals surface area contributed by atoms with Gasteiger partial charge in [-0.2, -0.15) is 9.28 Å². The maximum absolute atomic E-state index is 12.9. The Kier molecular flexibility index (Phi) is 6.50. The summed E-state index contributed by atoms with van der Waals surface area (Å²) in [5.74, 6) is -1.52. The lowest BCUT2D eigenvalue weighted by molar-refractivity contribution is -0.793. The topological polar surface area (TPSA) is 104 Å². The van der Waals surface area contributed by atoms with E-state index >= 15 is 0 Å². The molecule has 0 spiro atoms. The van der Waals surface area contributed by atoms with Crippen LogP contribution in [0.4, 0.5) is 4.79 Å². The van der Waals surface area contributed by atoms with Crippen LogP contribution in [0.1, 0.15) is 38.7 Å². The zero-order valence-corrected chi connectivity index (χ0v) is 15.2. The molecule has 1 aliphatic heterocycles. The summed E-state index contributed by atoms with van der Waals surface area (Å²) in [6.45, 7) is 3.56. The van der Waals surface area contributed by atoms with Crippen LogP contribution in [-0.4, -0.2) is 57.3 Å². The number of hydrogen-bond acceptors (Lipinski definition) is 4. The number of carboxylic acids is 1. The number of carbonyl (C=O) groups is 3. The lowest BCUT2D eigenvalue weighted by Gasteiger charge is -2.32. The highest BCUT2D eigenvalue weighted by Gasteiger charge is 2.54. The van der Waals surface area contributed by atoms with E-state index in [-0.39, 0.29) is 12.6 Å². The average Bonchev–Trinajstić information content (AvgIpc) is 3.00. The first kappa shape index (κ1) is 20.1. The van der Waals surface area contributed by atoms with Gasteiger partial charge in [0.2, 0.25) is 0 Å². The molecule has 1 saturated heterocycles. The number of nitrogens with zero attached hydrogens (tertiary/aromatic N) is 1. The van der Waals surface area contributed by atoms with Crippen molar-refractivity contribution in [3.05, 3.63) is 35.9 Å². The van der Waals surface area contributed by atoms with E-state index in [1.54, 1.807) is 13.8 Å². The van der Waals surface area contributed by atoms with Crippen molar-refractivity contribution in [2.45, 2.75) is 57.7 Å². The number of nitrogens with one attached hydrogen (secondary N) is 1. The summed E-state index contributed by atoms with van der Waals surface area (Å²) in [5.41, 5.74) is 1.02. The predicted molar refractivity (Wildman–Crippen MR) is 95.6 cm³/mol. The average molecular weight is 363 g/mol. The van der Waals surface area contributed by atoms with E-state index in [0.717, 1.165) is 5.56 Å². The second-order valence-corrected chi connectivity index (χ2v) is 7.01. The van der Waals surface area contributed by atoms with E-state index in [1.807, 2.05) is 30.3 Å². The van der Waals surface area contributed by atoms with Crippen LogP contribution in [0.2, 0.25) is 0 Å². The summed E-state index contributed by atoms with van der Waals surface area (Å²) in [4.78, 5) is 36.3. The molecule has 0 bridgehead atoms. The second kappa shape index (κ2) is 8.42. The first-order valence-corrected chi connectivity index (χ1v) is 8.97. The van der Waals surface area contributed by atoms with Gasteiger partial charge in [-0.05, 0) is 32.3 Å². The van der Waals surface area contributed by atoms with Crippen molar-refractivity contribution in [2.24, 2.45) is 0 Å². The van der Waals surface area contributed by atoms with Gasteiger partial charge in [0.15, 0.2) is 0 Å². The molecule has 26 heavy (non-hydrogen) atoms. The van der Waals surface area contributed by atoms with Crippen LogP contribution in [-0.2, 0) is 16.0 Å². The van der Waals surface area contributed by atoms with Gasteiger partial charge in [0.05, 0.1) is 6.54 Å². The van der Waals surface area contributed by atoms with Gasteiger partial charge in [0.1, 0.15) is 18.1 Å². The number of amides is 2. The Morgan fingerprint density at radius 3 is 2.38 bits per heavy atom. The Balaban J connectivity index is 2.06. The van der Waals surface area contributed by atoms with Crippen LogP contribution in [0.5, 0.6) is 0 Å². The summed E-state index contributed by atoms with van der Waals surface area (Å²) >= 11 is 0. The number of carbonyl (C=O) groups excluding carboxylic acids is 1. The number of aryl methyl sites for hydroxylation is 1. The summed E-state index contributed by atoms with van der Waals surface area (Å²) in [6, 6.07) is 7.43. The Bertz CT molecular complexity index is 663. The molecule has 3 N–H and O–H groups in total. The largest absolute Gasteiger partial charge is 0.521 e. The van der Waals surface area contributed by atoms with Crippen LogP contribution in [0, 0.1) is 0 Å². The Hall–Kier alpha value is -2.25. The van der Waals surface area contributed by atoms with Gasteiger partial charge in [-0.1, -0.05) is 30.3 Å². The third-order valence-corrected chi connectivity index (χ3v) is 5.30. The van der Waals surface area contributed by atoms with E-state index in [0.29, 0.717) is 25.7 Å². The quantitative estimate of drug-likeness (QED) is 0.642. The van der Waals surface area contributed by atoms with Gasteiger partial charge in [0, 0.05) is 12.8 Å². The number of rotatable bonds is 7. The van der Waals surface area contributed by atoms with Crippen molar-refractivity contribution in [3.63, 3.8) is 0 Å². The molecule has 7 nitrogen and oxygen atoms in total. The minimum absolute atomic E-state index is 0.253. The van der Waals surface area contributed by atoms with E-state index in [4.69, 9.17) is 0 Å². The predicted octanol–water partition coefficient (Wildman–Crippen LogP) is 2.25. The minimum Gasteiger partial charge on any atom is -0.480 e.